The van der Waals surface area contributed by atoms with Gasteiger partial charge in [-0.25, -0.2) is 4.98 Å². The molecule has 0 fully saturated rings. The molecule has 0 spiro atoms. The predicted molar refractivity (Wildman–Crippen MR) is 121 cm³/mol. The van der Waals surface area contributed by atoms with Gasteiger partial charge in [-0.3, -0.25) is 0 Å². The van der Waals surface area contributed by atoms with E-state index in [4.69, 9.17) is 4.74 Å². The quantitative estimate of drug-likeness (QED) is 0.349. The molecule has 32 heavy (non-hydrogen) atoms. The zero-order valence-electron chi connectivity index (χ0n) is 18.2. The number of ether oxygens (including phenoxy) is 1. The number of unbranched alkanes of at least 4 members (excludes halogenated alkanes) is 1. The number of halogens is 3. The molecule has 1 aromatic heterocycles. The number of benzene rings is 2. The number of nitrogens with zero attached hydrogens (tertiary/aromatic N) is 2. The molecule has 0 atom stereocenters. The summed E-state index contributed by atoms with van der Waals surface area (Å²) >= 11 is 0. The second-order valence-electron chi connectivity index (χ2n) is 7.38. The zero-order valence-corrected chi connectivity index (χ0v) is 18.2. The molecule has 170 valence electrons. The highest BCUT2D eigenvalue weighted by atomic mass is 19.4. The van der Waals surface area contributed by atoms with E-state index in [9.17, 15) is 13.2 Å². The van der Waals surface area contributed by atoms with Crippen LogP contribution in [-0.4, -0.2) is 16.6 Å². The first-order valence-electron chi connectivity index (χ1n) is 10.7. The van der Waals surface area contributed by atoms with Crippen LogP contribution in [0.15, 0.2) is 54.7 Å². The molecule has 8 heteroatoms. The van der Waals surface area contributed by atoms with Crippen LogP contribution < -0.4 is 15.4 Å². The average Bonchev–Trinajstić information content (AvgIpc) is 2.77. The van der Waals surface area contributed by atoms with Gasteiger partial charge in [0.05, 0.1) is 6.61 Å². The number of alkyl halides is 3. The molecule has 5 nitrogen and oxygen atoms in total. The van der Waals surface area contributed by atoms with Crippen molar-refractivity contribution in [1.82, 2.24) is 9.97 Å². The van der Waals surface area contributed by atoms with Gasteiger partial charge in [0.25, 0.3) is 0 Å². The Morgan fingerprint density at radius 3 is 2.41 bits per heavy atom. The van der Waals surface area contributed by atoms with E-state index in [1.54, 1.807) is 24.3 Å². The minimum Gasteiger partial charge on any atom is -0.494 e. The van der Waals surface area contributed by atoms with Crippen molar-refractivity contribution in [3.8, 4) is 5.75 Å². The smallest absolute Gasteiger partial charge is 0.421 e. The van der Waals surface area contributed by atoms with Crippen LogP contribution in [0.25, 0.3) is 0 Å². The fourth-order valence-electron chi connectivity index (χ4n) is 3.03. The Morgan fingerprint density at radius 1 is 0.938 bits per heavy atom. The van der Waals surface area contributed by atoms with Gasteiger partial charge >= 0.3 is 6.18 Å². The SMILES string of the molecule is CCCCc1ccc(Nc2ncc(C(F)(F)F)c(Nc3cccc(OCCC)c3)n2)cc1. The number of hydrogen-bond acceptors (Lipinski definition) is 5. The van der Waals surface area contributed by atoms with E-state index in [0.717, 1.165) is 31.9 Å². The summed E-state index contributed by atoms with van der Waals surface area (Å²) in [6.07, 6.45) is 0.221. The first-order chi connectivity index (χ1) is 15.4. The number of aromatic nitrogens is 2. The maximum Gasteiger partial charge on any atom is 0.421 e. The van der Waals surface area contributed by atoms with Crippen molar-refractivity contribution in [2.75, 3.05) is 17.2 Å². The Morgan fingerprint density at radius 2 is 1.72 bits per heavy atom. The lowest BCUT2D eigenvalue weighted by Gasteiger charge is -2.15. The second-order valence-corrected chi connectivity index (χ2v) is 7.38. The summed E-state index contributed by atoms with van der Waals surface area (Å²) < 4.78 is 46.2. The van der Waals surface area contributed by atoms with Gasteiger partial charge in [-0.1, -0.05) is 38.5 Å². The van der Waals surface area contributed by atoms with Crippen molar-refractivity contribution in [1.29, 1.82) is 0 Å². The molecule has 0 amide bonds. The van der Waals surface area contributed by atoms with Gasteiger partial charge in [-0.05, 0) is 49.1 Å². The van der Waals surface area contributed by atoms with Crippen molar-refractivity contribution in [3.63, 3.8) is 0 Å². The molecule has 2 aromatic carbocycles. The maximum absolute atomic E-state index is 13.5. The molecule has 0 radical (unpaired) electrons. The first kappa shape index (κ1) is 23.4. The zero-order chi connectivity index (χ0) is 23.0. The summed E-state index contributed by atoms with van der Waals surface area (Å²) in [4.78, 5) is 7.97. The minimum absolute atomic E-state index is 0.0696. The van der Waals surface area contributed by atoms with Crippen molar-refractivity contribution in [3.05, 3.63) is 65.9 Å². The van der Waals surface area contributed by atoms with Crippen LogP contribution in [0.4, 0.5) is 36.3 Å². The molecule has 3 aromatic rings. The highest BCUT2D eigenvalue weighted by Gasteiger charge is 2.35. The van der Waals surface area contributed by atoms with Crippen LogP contribution in [0.5, 0.6) is 5.75 Å². The Hall–Kier alpha value is -3.29. The van der Waals surface area contributed by atoms with E-state index in [1.165, 1.54) is 5.56 Å². The van der Waals surface area contributed by atoms with E-state index in [2.05, 4.69) is 27.5 Å². The summed E-state index contributed by atoms with van der Waals surface area (Å²) in [6, 6.07) is 14.5. The van der Waals surface area contributed by atoms with Crippen molar-refractivity contribution >= 4 is 23.1 Å². The van der Waals surface area contributed by atoms with Gasteiger partial charge in [0.1, 0.15) is 17.1 Å². The summed E-state index contributed by atoms with van der Waals surface area (Å²) in [5, 5.41) is 5.74. The monoisotopic (exact) mass is 444 g/mol. The second kappa shape index (κ2) is 10.8. The number of aryl methyl sites for hydroxylation is 1. The molecular weight excluding hydrogens is 417 g/mol. The number of nitrogens with one attached hydrogen (secondary N) is 2. The average molecular weight is 445 g/mol. The van der Waals surface area contributed by atoms with Gasteiger partial charge in [0.15, 0.2) is 0 Å². The topological polar surface area (TPSA) is 59.1 Å². The van der Waals surface area contributed by atoms with Crippen LogP contribution in [0, 0.1) is 0 Å². The highest BCUT2D eigenvalue weighted by Crippen LogP contribution is 2.35. The van der Waals surface area contributed by atoms with Crippen molar-refractivity contribution in [2.24, 2.45) is 0 Å². The number of rotatable bonds is 10. The molecule has 0 aliphatic rings. The van der Waals surface area contributed by atoms with E-state index in [-0.39, 0.29) is 11.8 Å². The third kappa shape index (κ3) is 6.60. The normalized spacial score (nSPS) is 11.3. The minimum atomic E-state index is -4.60. The van der Waals surface area contributed by atoms with Gasteiger partial charge in [0, 0.05) is 23.6 Å². The van der Waals surface area contributed by atoms with E-state index >= 15 is 0 Å². The molecule has 2 N–H and O–H groups in total. The van der Waals surface area contributed by atoms with Crippen LogP contribution in [0.1, 0.15) is 44.2 Å². The summed E-state index contributed by atoms with van der Waals surface area (Å²) in [6.45, 7) is 4.64. The fourth-order valence-corrected chi connectivity index (χ4v) is 3.03. The molecule has 0 bridgehead atoms. The molecule has 1 heterocycles. The highest BCUT2D eigenvalue weighted by molar-refractivity contribution is 5.64. The molecule has 0 unspecified atom stereocenters. The van der Waals surface area contributed by atoms with Crippen molar-refractivity contribution in [2.45, 2.75) is 45.7 Å². The van der Waals surface area contributed by atoms with Gasteiger partial charge in [-0.2, -0.15) is 18.2 Å². The molecule has 0 aliphatic heterocycles. The standard InChI is InChI=1S/C24H27F3N4O/c1-3-5-7-17-10-12-18(13-11-17)30-23-28-16-21(24(25,26)27)22(31-23)29-19-8-6-9-20(15-19)32-14-4-2/h6,8-13,15-16H,3-5,7,14H2,1-2H3,(H2,28,29,30,31). The van der Waals surface area contributed by atoms with Gasteiger partial charge in [-0.15, -0.1) is 0 Å². The van der Waals surface area contributed by atoms with Crippen LogP contribution >= 0.6 is 0 Å². The Bertz CT molecular complexity index is 1010. The van der Waals surface area contributed by atoms with E-state index in [1.807, 2.05) is 31.2 Å². The van der Waals surface area contributed by atoms with E-state index < -0.39 is 11.7 Å². The lowest BCUT2D eigenvalue weighted by molar-refractivity contribution is -0.137. The maximum atomic E-state index is 13.5. The van der Waals surface area contributed by atoms with Crippen LogP contribution in [0.2, 0.25) is 0 Å². The molecule has 0 saturated heterocycles. The Kier molecular flexibility index (Phi) is 7.92. The number of hydrogen-bond donors (Lipinski definition) is 2. The van der Waals surface area contributed by atoms with E-state index in [0.29, 0.717) is 23.7 Å². The predicted octanol–water partition coefficient (Wildman–Crippen LogP) is 7.11. The Labute approximate surface area is 186 Å². The molecule has 3 rings (SSSR count). The fraction of sp³-hybridized carbons (Fsp3) is 0.333. The third-order valence-electron chi connectivity index (χ3n) is 4.69. The lowest BCUT2D eigenvalue weighted by atomic mass is 10.1. The lowest BCUT2D eigenvalue weighted by Crippen LogP contribution is -2.12. The molecule has 0 saturated carbocycles. The number of anilines is 4. The largest absolute Gasteiger partial charge is 0.494 e. The summed E-state index contributed by atoms with van der Waals surface area (Å²) in [5.74, 6) is 0.309. The van der Waals surface area contributed by atoms with Crippen molar-refractivity contribution < 1.29 is 17.9 Å². The van der Waals surface area contributed by atoms with Gasteiger partial charge in [0.2, 0.25) is 5.95 Å². The van der Waals surface area contributed by atoms with Crippen LogP contribution in [-0.2, 0) is 12.6 Å². The Balaban J connectivity index is 1.82. The van der Waals surface area contributed by atoms with Gasteiger partial charge < -0.3 is 15.4 Å². The third-order valence-corrected chi connectivity index (χ3v) is 4.69. The summed E-state index contributed by atoms with van der Waals surface area (Å²) in [5.41, 5.74) is 1.40. The summed E-state index contributed by atoms with van der Waals surface area (Å²) in [7, 11) is 0. The van der Waals surface area contributed by atoms with Crippen LogP contribution in [0.3, 0.4) is 0 Å². The molecular formula is C24H27F3N4O. The first-order valence-corrected chi connectivity index (χ1v) is 10.7. The molecule has 0 aliphatic carbocycles.